The van der Waals surface area contributed by atoms with E-state index in [0.29, 0.717) is 10.9 Å². The Morgan fingerprint density at radius 3 is 2.62 bits per heavy atom. The Balaban J connectivity index is 3.43. The van der Waals surface area contributed by atoms with Crippen molar-refractivity contribution in [3.63, 3.8) is 0 Å². The number of aromatic carboxylic acids is 1. The highest BCUT2D eigenvalue weighted by molar-refractivity contribution is 9.08. The lowest BCUT2D eigenvalue weighted by atomic mass is 10.0. The third-order valence-corrected chi connectivity index (χ3v) is 2.40. The number of carboxylic acids is 1. The van der Waals surface area contributed by atoms with Gasteiger partial charge in [-0.3, -0.25) is 0 Å². The summed E-state index contributed by atoms with van der Waals surface area (Å²) in [5.41, 5.74) is 1.03. The topological polar surface area (TPSA) is 37.3 Å². The first-order chi connectivity index (χ1) is 6.07. The second-order valence-corrected chi connectivity index (χ2v) is 3.22. The van der Waals surface area contributed by atoms with Crippen LogP contribution < -0.4 is 0 Å². The fraction of sp³-hybridized carbons (Fsp3) is 0.222. The lowest BCUT2D eigenvalue weighted by molar-refractivity contribution is 0.0691. The third kappa shape index (κ3) is 1.88. The molecule has 13 heavy (non-hydrogen) atoms. The van der Waals surface area contributed by atoms with Crippen molar-refractivity contribution in [3.8, 4) is 0 Å². The second kappa shape index (κ2) is 3.87. The molecule has 0 aliphatic rings. The molecule has 0 unspecified atom stereocenters. The smallest absolute Gasteiger partial charge is 0.339 e. The highest BCUT2D eigenvalue weighted by Gasteiger charge is 2.16. The average molecular weight is 247 g/mol. The molecule has 0 heterocycles. The van der Waals surface area contributed by atoms with Crippen molar-refractivity contribution in [2.45, 2.75) is 12.3 Å². The summed E-state index contributed by atoms with van der Waals surface area (Å²) in [6.45, 7) is 1.75. The van der Waals surface area contributed by atoms with E-state index < -0.39 is 11.8 Å². The van der Waals surface area contributed by atoms with Crippen molar-refractivity contribution in [1.82, 2.24) is 0 Å². The quantitative estimate of drug-likeness (QED) is 0.816. The molecule has 1 rings (SSSR count). The van der Waals surface area contributed by atoms with Gasteiger partial charge in [0.2, 0.25) is 0 Å². The minimum absolute atomic E-state index is 0.239. The van der Waals surface area contributed by atoms with Gasteiger partial charge >= 0.3 is 5.97 Å². The maximum absolute atomic E-state index is 13.1. The van der Waals surface area contributed by atoms with Crippen molar-refractivity contribution in [3.05, 3.63) is 34.6 Å². The van der Waals surface area contributed by atoms with Crippen LogP contribution in [0.5, 0.6) is 0 Å². The Hall–Kier alpha value is -0.900. The van der Waals surface area contributed by atoms with E-state index >= 15 is 0 Å². The van der Waals surface area contributed by atoms with E-state index in [9.17, 15) is 9.18 Å². The molecule has 0 saturated carbocycles. The molecule has 0 amide bonds. The van der Waals surface area contributed by atoms with Crippen molar-refractivity contribution < 1.29 is 14.3 Å². The third-order valence-electron chi connectivity index (χ3n) is 1.84. The summed E-state index contributed by atoms with van der Waals surface area (Å²) < 4.78 is 13.1. The highest BCUT2D eigenvalue weighted by Crippen LogP contribution is 2.20. The zero-order chi connectivity index (χ0) is 10.0. The average Bonchev–Trinajstić information content (AvgIpc) is 2.07. The normalized spacial score (nSPS) is 10.1. The molecule has 1 N–H and O–H groups in total. The summed E-state index contributed by atoms with van der Waals surface area (Å²) in [4.78, 5) is 10.7. The van der Waals surface area contributed by atoms with Crippen molar-refractivity contribution in [2.24, 2.45) is 0 Å². The molecule has 0 spiro atoms. The molecule has 0 fully saturated rings. The number of halogens is 2. The number of benzene rings is 1. The number of carbonyl (C=O) groups is 1. The van der Waals surface area contributed by atoms with Gasteiger partial charge < -0.3 is 5.11 Å². The van der Waals surface area contributed by atoms with Crippen LogP contribution in [0.15, 0.2) is 12.1 Å². The standard InChI is InChI=1S/C9H8BrFO2/c1-5-2-3-7(11)8(9(12)13)6(5)4-10/h2-3H,4H2,1H3,(H,12,13). The molecule has 1 aromatic rings. The first-order valence-corrected chi connectivity index (χ1v) is 4.77. The van der Waals surface area contributed by atoms with Gasteiger partial charge in [0.15, 0.2) is 0 Å². The van der Waals surface area contributed by atoms with Gasteiger partial charge in [-0.25, -0.2) is 9.18 Å². The molecule has 1 aromatic carbocycles. The minimum atomic E-state index is -1.23. The molecule has 70 valence electrons. The van der Waals surface area contributed by atoms with Crippen LogP contribution in [0.4, 0.5) is 4.39 Å². The minimum Gasteiger partial charge on any atom is -0.478 e. The van der Waals surface area contributed by atoms with E-state index in [4.69, 9.17) is 5.11 Å². The number of rotatable bonds is 2. The highest BCUT2D eigenvalue weighted by atomic mass is 79.9. The van der Waals surface area contributed by atoms with Crippen LogP contribution in [-0.4, -0.2) is 11.1 Å². The van der Waals surface area contributed by atoms with Gasteiger partial charge in [-0.05, 0) is 24.1 Å². The molecule has 0 aromatic heterocycles. The van der Waals surface area contributed by atoms with E-state index in [-0.39, 0.29) is 5.56 Å². The van der Waals surface area contributed by atoms with Gasteiger partial charge in [0.1, 0.15) is 5.82 Å². The molecule has 0 aliphatic carbocycles. The summed E-state index contributed by atoms with van der Waals surface area (Å²) in [5, 5.41) is 9.09. The van der Waals surface area contributed by atoms with Crippen LogP contribution in [0.2, 0.25) is 0 Å². The van der Waals surface area contributed by atoms with Gasteiger partial charge in [-0.15, -0.1) is 0 Å². The molecular formula is C9H8BrFO2. The fourth-order valence-corrected chi connectivity index (χ4v) is 1.85. The Morgan fingerprint density at radius 2 is 2.23 bits per heavy atom. The lowest BCUT2D eigenvalue weighted by Crippen LogP contribution is -2.06. The molecule has 0 saturated heterocycles. The van der Waals surface area contributed by atoms with Gasteiger partial charge in [0.25, 0.3) is 0 Å². The zero-order valence-corrected chi connectivity index (χ0v) is 8.56. The summed E-state index contributed by atoms with van der Waals surface area (Å²) >= 11 is 3.13. The molecular weight excluding hydrogens is 239 g/mol. The van der Waals surface area contributed by atoms with Crippen LogP contribution in [0.3, 0.4) is 0 Å². The Bertz CT molecular complexity index is 350. The van der Waals surface area contributed by atoms with Gasteiger partial charge in [-0.1, -0.05) is 22.0 Å². The molecule has 4 heteroatoms. The summed E-state index contributed by atoms with van der Waals surface area (Å²) in [7, 11) is 0. The van der Waals surface area contributed by atoms with E-state index in [2.05, 4.69) is 15.9 Å². The first-order valence-electron chi connectivity index (χ1n) is 3.65. The molecule has 0 atom stereocenters. The van der Waals surface area contributed by atoms with Crippen LogP contribution in [0, 0.1) is 12.7 Å². The van der Waals surface area contributed by atoms with Crippen molar-refractivity contribution in [1.29, 1.82) is 0 Å². The van der Waals surface area contributed by atoms with Gasteiger partial charge in [0, 0.05) is 5.33 Å². The van der Waals surface area contributed by atoms with Gasteiger partial charge in [0.05, 0.1) is 5.56 Å². The first kappa shape index (κ1) is 10.2. The lowest BCUT2D eigenvalue weighted by Gasteiger charge is -2.06. The molecule has 0 aliphatic heterocycles. The molecule has 2 nitrogen and oxygen atoms in total. The number of alkyl halides is 1. The van der Waals surface area contributed by atoms with Crippen molar-refractivity contribution in [2.75, 3.05) is 0 Å². The number of aryl methyl sites for hydroxylation is 1. The van der Waals surface area contributed by atoms with Crippen molar-refractivity contribution >= 4 is 21.9 Å². The van der Waals surface area contributed by atoms with Crippen LogP contribution in [-0.2, 0) is 5.33 Å². The maximum atomic E-state index is 13.1. The van der Waals surface area contributed by atoms with Crippen LogP contribution in [0.1, 0.15) is 21.5 Å². The van der Waals surface area contributed by atoms with Crippen LogP contribution in [0.25, 0.3) is 0 Å². The number of hydrogen-bond donors (Lipinski definition) is 1. The Labute approximate surface area is 83.5 Å². The predicted molar refractivity (Wildman–Crippen MR) is 50.7 cm³/mol. The molecule has 0 bridgehead atoms. The fourth-order valence-electron chi connectivity index (χ4n) is 1.13. The predicted octanol–water partition coefficient (Wildman–Crippen LogP) is 2.73. The van der Waals surface area contributed by atoms with E-state index in [0.717, 1.165) is 5.56 Å². The van der Waals surface area contributed by atoms with Gasteiger partial charge in [-0.2, -0.15) is 0 Å². The zero-order valence-electron chi connectivity index (χ0n) is 6.97. The van der Waals surface area contributed by atoms with E-state index in [1.54, 1.807) is 13.0 Å². The SMILES string of the molecule is Cc1ccc(F)c(C(=O)O)c1CBr. The summed E-state index contributed by atoms with van der Waals surface area (Å²) in [5.74, 6) is -1.91. The van der Waals surface area contributed by atoms with Crippen LogP contribution >= 0.6 is 15.9 Å². The number of hydrogen-bond acceptors (Lipinski definition) is 1. The largest absolute Gasteiger partial charge is 0.478 e. The Morgan fingerprint density at radius 1 is 1.62 bits per heavy atom. The number of carboxylic acid groups (broad SMARTS) is 1. The Kier molecular flexibility index (Phi) is 3.03. The molecule has 0 radical (unpaired) electrons. The second-order valence-electron chi connectivity index (χ2n) is 2.66. The summed E-state index contributed by atoms with van der Waals surface area (Å²) in [6.07, 6.45) is 0. The van der Waals surface area contributed by atoms with E-state index in [1.807, 2.05) is 0 Å². The maximum Gasteiger partial charge on any atom is 0.339 e. The monoisotopic (exact) mass is 246 g/mol. The summed E-state index contributed by atoms with van der Waals surface area (Å²) in [6, 6.07) is 2.74. The van der Waals surface area contributed by atoms with E-state index in [1.165, 1.54) is 6.07 Å².